The standard InChI is InChI=1S/C20H19BrClNO3/c1-4-25-20(24)19-18(22)16-11-13(21)5-10-17(16)23(19)14-6-8-15(9-7-14)26-12(2)3/h5-12H,4H2,1-3H3. The van der Waals surface area contributed by atoms with E-state index in [-0.39, 0.29) is 12.7 Å². The van der Waals surface area contributed by atoms with Gasteiger partial charge in [-0.3, -0.25) is 0 Å². The van der Waals surface area contributed by atoms with Gasteiger partial charge < -0.3 is 14.0 Å². The van der Waals surface area contributed by atoms with Gasteiger partial charge in [-0.15, -0.1) is 0 Å². The van der Waals surface area contributed by atoms with Crippen molar-refractivity contribution in [1.29, 1.82) is 0 Å². The first kappa shape index (κ1) is 18.8. The highest BCUT2D eigenvalue weighted by Gasteiger charge is 2.24. The van der Waals surface area contributed by atoms with Crippen LogP contribution in [-0.4, -0.2) is 23.2 Å². The molecule has 0 spiro atoms. The molecule has 3 aromatic rings. The maximum Gasteiger partial charge on any atom is 0.356 e. The van der Waals surface area contributed by atoms with E-state index >= 15 is 0 Å². The molecule has 0 saturated carbocycles. The molecule has 3 rings (SSSR count). The van der Waals surface area contributed by atoms with Crippen LogP contribution in [0.15, 0.2) is 46.9 Å². The first-order valence-corrected chi connectivity index (χ1v) is 9.53. The SMILES string of the molecule is CCOC(=O)c1c(Cl)c2cc(Br)ccc2n1-c1ccc(OC(C)C)cc1. The van der Waals surface area contributed by atoms with Crippen molar-refractivity contribution in [2.45, 2.75) is 26.9 Å². The smallest absolute Gasteiger partial charge is 0.356 e. The molecule has 1 aromatic heterocycles. The topological polar surface area (TPSA) is 40.5 Å². The number of carbonyl (C=O) groups is 1. The maximum atomic E-state index is 12.6. The molecular formula is C20H19BrClNO3. The van der Waals surface area contributed by atoms with E-state index in [4.69, 9.17) is 21.1 Å². The summed E-state index contributed by atoms with van der Waals surface area (Å²) in [5.41, 5.74) is 1.96. The van der Waals surface area contributed by atoms with Crippen molar-refractivity contribution >= 4 is 44.4 Å². The zero-order valence-electron chi connectivity index (χ0n) is 14.8. The molecule has 136 valence electrons. The van der Waals surface area contributed by atoms with Crippen molar-refractivity contribution in [2.24, 2.45) is 0 Å². The minimum Gasteiger partial charge on any atom is -0.491 e. The second-order valence-electron chi connectivity index (χ2n) is 6.04. The number of hydrogen-bond donors (Lipinski definition) is 0. The van der Waals surface area contributed by atoms with Crippen LogP contribution in [0.1, 0.15) is 31.3 Å². The molecule has 0 atom stereocenters. The van der Waals surface area contributed by atoms with Gasteiger partial charge in [-0.25, -0.2) is 4.79 Å². The Morgan fingerprint density at radius 2 is 1.88 bits per heavy atom. The molecule has 4 nitrogen and oxygen atoms in total. The number of aromatic nitrogens is 1. The Kier molecular flexibility index (Phi) is 5.58. The second-order valence-corrected chi connectivity index (χ2v) is 7.33. The van der Waals surface area contributed by atoms with E-state index in [9.17, 15) is 4.79 Å². The van der Waals surface area contributed by atoms with Crippen LogP contribution in [0.4, 0.5) is 0 Å². The van der Waals surface area contributed by atoms with E-state index < -0.39 is 5.97 Å². The second kappa shape index (κ2) is 7.72. The van der Waals surface area contributed by atoms with Crippen LogP contribution in [0.5, 0.6) is 5.75 Å². The lowest BCUT2D eigenvalue weighted by atomic mass is 10.2. The molecule has 0 bridgehead atoms. The first-order valence-electron chi connectivity index (χ1n) is 8.36. The summed E-state index contributed by atoms with van der Waals surface area (Å²) in [5.74, 6) is 0.319. The van der Waals surface area contributed by atoms with E-state index in [1.54, 1.807) is 6.92 Å². The quantitative estimate of drug-likeness (QED) is 0.460. The molecule has 2 aromatic carbocycles. The van der Waals surface area contributed by atoms with Gasteiger partial charge in [0.1, 0.15) is 5.75 Å². The molecule has 0 N–H and O–H groups in total. The third-order valence-corrected chi connectivity index (χ3v) is 4.68. The van der Waals surface area contributed by atoms with Gasteiger partial charge in [0.2, 0.25) is 0 Å². The number of hydrogen-bond acceptors (Lipinski definition) is 3. The molecule has 0 unspecified atom stereocenters. The van der Waals surface area contributed by atoms with Crippen molar-refractivity contribution in [2.75, 3.05) is 6.61 Å². The Labute approximate surface area is 165 Å². The van der Waals surface area contributed by atoms with Crippen LogP contribution in [-0.2, 0) is 4.74 Å². The molecule has 0 amide bonds. The number of ether oxygens (including phenoxy) is 2. The van der Waals surface area contributed by atoms with E-state index in [0.29, 0.717) is 10.7 Å². The fraction of sp³-hybridized carbons (Fsp3) is 0.250. The summed E-state index contributed by atoms with van der Waals surface area (Å²) in [6.07, 6.45) is 0.0927. The van der Waals surface area contributed by atoms with Crippen LogP contribution in [0.2, 0.25) is 5.02 Å². The van der Waals surface area contributed by atoms with E-state index in [0.717, 1.165) is 26.8 Å². The molecule has 0 radical (unpaired) electrons. The Morgan fingerprint density at radius 1 is 1.19 bits per heavy atom. The van der Waals surface area contributed by atoms with Gasteiger partial charge >= 0.3 is 5.97 Å². The number of nitrogens with zero attached hydrogens (tertiary/aromatic N) is 1. The number of fused-ring (bicyclic) bond motifs is 1. The Balaban J connectivity index is 2.20. The lowest BCUT2D eigenvalue weighted by Crippen LogP contribution is -2.11. The van der Waals surface area contributed by atoms with Gasteiger partial charge in [0.15, 0.2) is 5.69 Å². The predicted molar refractivity (Wildman–Crippen MR) is 108 cm³/mol. The van der Waals surface area contributed by atoms with Gasteiger partial charge in [-0.1, -0.05) is 27.5 Å². The summed E-state index contributed by atoms with van der Waals surface area (Å²) >= 11 is 10.0. The molecule has 6 heteroatoms. The Hall–Kier alpha value is -1.98. The minimum absolute atomic E-state index is 0.0927. The zero-order valence-corrected chi connectivity index (χ0v) is 17.1. The van der Waals surface area contributed by atoms with E-state index in [1.165, 1.54) is 0 Å². The van der Waals surface area contributed by atoms with Gasteiger partial charge in [-0.2, -0.15) is 0 Å². The highest BCUT2D eigenvalue weighted by atomic mass is 79.9. The summed E-state index contributed by atoms with van der Waals surface area (Å²) in [6.45, 7) is 6.00. The molecule has 0 aliphatic rings. The van der Waals surface area contributed by atoms with E-state index in [2.05, 4.69) is 15.9 Å². The third-order valence-electron chi connectivity index (χ3n) is 3.80. The van der Waals surface area contributed by atoms with Crippen LogP contribution in [0, 0.1) is 0 Å². The number of benzene rings is 2. The van der Waals surface area contributed by atoms with Gasteiger partial charge in [0.05, 0.1) is 23.3 Å². The summed E-state index contributed by atoms with van der Waals surface area (Å²) in [7, 11) is 0. The molecule has 0 aliphatic heterocycles. The van der Waals surface area contributed by atoms with Crippen LogP contribution < -0.4 is 4.74 Å². The van der Waals surface area contributed by atoms with Crippen molar-refractivity contribution in [3.63, 3.8) is 0 Å². The number of esters is 1. The number of halogens is 2. The average molecular weight is 437 g/mol. The summed E-state index contributed by atoms with van der Waals surface area (Å²) < 4.78 is 13.6. The molecule has 26 heavy (non-hydrogen) atoms. The monoisotopic (exact) mass is 435 g/mol. The molecule has 0 fully saturated rings. The minimum atomic E-state index is -0.452. The fourth-order valence-corrected chi connectivity index (χ4v) is 3.49. The summed E-state index contributed by atoms with van der Waals surface area (Å²) in [4.78, 5) is 12.6. The van der Waals surface area contributed by atoms with Crippen molar-refractivity contribution in [3.05, 3.63) is 57.7 Å². The maximum absolute atomic E-state index is 12.6. The number of carbonyl (C=O) groups excluding carboxylic acids is 1. The van der Waals surface area contributed by atoms with Gasteiger partial charge in [-0.05, 0) is 63.2 Å². The first-order chi connectivity index (χ1) is 12.4. The van der Waals surface area contributed by atoms with E-state index in [1.807, 2.05) is 60.9 Å². The largest absolute Gasteiger partial charge is 0.491 e. The Morgan fingerprint density at radius 3 is 2.50 bits per heavy atom. The molecular weight excluding hydrogens is 418 g/mol. The predicted octanol–water partition coefficient (Wildman–Crippen LogP) is 6.01. The Bertz CT molecular complexity index is 948. The summed E-state index contributed by atoms with van der Waals surface area (Å²) in [6, 6.07) is 13.3. The van der Waals surface area contributed by atoms with Crippen LogP contribution in [0.3, 0.4) is 0 Å². The molecule has 0 aliphatic carbocycles. The zero-order chi connectivity index (χ0) is 18.8. The average Bonchev–Trinajstić information content (AvgIpc) is 2.88. The van der Waals surface area contributed by atoms with Gasteiger partial charge in [0, 0.05) is 15.5 Å². The normalized spacial score (nSPS) is 11.2. The van der Waals surface area contributed by atoms with Crippen molar-refractivity contribution < 1.29 is 14.3 Å². The molecule has 0 saturated heterocycles. The lowest BCUT2D eigenvalue weighted by Gasteiger charge is -2.13. The molecule has 1 heterocycles. The highest BCUT2D eigenvalue weighted by Crippen LogP contribution is 2.36. The van der Waals surface area contributed by atoms with Gasteiger partial charge in [0.25, 0.3) is 0 Å². The van der Waals surface area contributed by atoms with Crippen LogP contribution in [0.25, 0.3) is 16.6 Å². The lowest BCUT2D eigenvalue weighted by molar-refractivity contribution is 0.0517. The van der Waals surface area contributed by atoms with Crippen LogP contribution >= 0.6 is 27.5 Å². The highest BCUT2D eigenvalue weighted by molar-refractivity contribution is 9.10. The summed E-state index contributed by atoms with van der Waals surface area (Å²) in [5, 5.41) is 1.16. The van der Waals surface area contributed by atoms with Crippen molar-refractivity contribution in [3.8, 4) is 11.4 Å². The number of rotatable bonds is 5. The van der Waals surface area contributed by atoms with Crippen molar-refractivity contribution in [1.82, 2.24) is 4.57 Å². The fourth-order valence-electron chi connectivity index (χ4n) is 2.82. The third kappa shape index (κ3) is 3.60.